The van der Waals surface area contributed by atoms with E-state index in [0.717, 1.165) is 52.0 Å². The Hall–Kier alpha value is -2.82. The lowest BCUT2D eigenvalue weighted by atomic mass is 10.1. The van der Waals surface area contributed by atoms with Gasteiger partial charge in [0.05, 0.1) is 17.6 Å². The van der Waals surface area contributed by atoms with Crippen molar-refractivity contribution < 1.29 is 4.79 Å². The van der Waals surface area contributed by atoms with Crippen molar-refractivity contribution >= 4 is 40.1 Å². The summed E-state index contributed by atoms with van der Waals surface area (Å²) in [6.07, 6.45) is 1.50. The van der Waals surface area contributed by atoms with Gasteiger partial charge in [0.1, 0.15) is 5.82 Å². The topological polar surface area (TPSA) is 46.9 Å². The van der Waals surface area contributed by atoms with Gasteiger partial charge in [0.15, 0.2) is 0 Å². The van der Waals surface area contributed by atoms with Crippen LogP contribution in [0.4, 0.5) is 0 Å². The van der Waals surface area contributed by atoms with Crippen LogP contribution in [0.2, 0.25) is 10.0 Å². The molecule has 1 amide bonds. The fourth-order valence-electron chi connectivity index (χ4n) is 3.95. The number of benzene rings is 3. The molecular weight excluding hydrogens is 441 g/mol. The van der Waals surface area contributed by atoms with E-state index in [4.69, 9.17) is 28.2 Å². The minimum Gasteiger partial charge on any atom is -0.352 e. The monoisotopic (exact) mass is 465 g/mol. The quantitative estimate of drug-likeness (QED) is 0.322. The van der Waals surface area contributed by atoms with E-state index in [9.17, 15) is 4.79 Å². The number of imidazole rings is 1. The summed E-state index contributed by atoms with van der Waals surface area (Å²) in [5.41, 5.74) is 5.71. The molecule has 32 heavy (non-hydrogen) atoms. The molecule has 0 aliphatic rings. The number of halogens is 2. The standard InChI is InChI=1S/C26H25Cl2N3O/c1-17-12-13-19(18(2)15-17)26(32)29-14-6-11-25-30-23-9-3-4-10-24(23)31(25)16-20-21(27)7-5-8-22(20)28/h3-5,7-10,12-13,15H,6,11,14,16H2,1-2H3,(H,29,32). The normalized spacial score (nSPS) is 11.1. The van der Waals surface area contributed by atoms with Crippen molar-refractivity contribution in [1.82, 2.24) is 14.9 Å². The van der Waals surface area contributed by atoms with Crippen LogP contribution in [-0.2, 0) is 13.0 Å². The predicted molar refractivity (Wildman–Crippen MR) is 132 cm³/mol. The summed E-state index contributed by atoms with van der Waals surface area (Å²) >= 11 is 12.9. The number of hydrogen-bond donors (Lipinski definition) is 1. The van der Waals surface area contributed by atoms with Crippen molar-refractivity contribution in [3.8, 4) is 0 Å². The van der Waals surface area contributed by atoms with E-state index >= 15 is 0 Å². The van der Waals surface area contributed by atoms with E-state index in [0.29, 0.717) is 23.1 Å². The molecule has 0 saturated heterocycles. The Kier molecular flexibility index (Phi) is 6.83. The first-order chi connectivity index (χ1) is 15.4. The largest absolute Gasteiger partial charge is 0.352 e. The maximum atomic E-state index is 12.6. The molecule has 0 atom stereocenters. The first-order valence-electron chi connectivity index (χ1n) is 10.7. The molecule has 0 bridgehead atoms. The second kappa shape index (κ2) is 9.76. The van der Waals surface area contributed by atoms with E-state index in [1.54, 1.807) is 0 Å². The average Bonchev–Trinajstić information content (AvgIpc) is 3.11. The lowest BCUT2D eigenvalue weighted by Gasteiger charge is -2.13. The fourth-order valence-corrected chi connectivity index (χ4v) is 4.46. The number of aryl methyl sites for hydroxylation is 3. The number of nitrogens with zero attached hydrogens (tertiary/aromatic N) is 2. The highest BCUT2D eigenvalue weighted by molar-refractivity contribution is 6.36. The number of para-hydroxylation sites is 2. The van der Waals surface area contributed by atoms with Crippen molar-refractivity contribution in [3.05, 3.63) is 98.8 Å². The van der Waals surface area contributed by atoms with Crippen LogP contribution in [-0.4, -0.2) is 22.0 Å². The summed E-state index contributed by atoms with van der Waals surface area (Å²) in [6, 6.07) is 19.5. The van der Waals surface area contributed by atoms with Crippen LogP contribution in [0.3, 0.4) is 0 Å². The van der Waals surface area contributed by atoms with Gasteiger partial charge < -0.3 is 9.88 Å². The zero-order valence-corrected chi connectivity index (χ0v) is 19.7. The van der Waals surface area contributed by atoms with Crippen LogP contribution >= 0.6 is 23.2 Å². The van der Waals surface area contributed by atoms with Gasteiger partial charge in [0.2, 0.25) is 0 Å². The third kappa shape index (κ3) is 4.82. The zero-order valence-electron chi connectivity index (χ0n) is 18.2. The lowest BCUT2D eigenvalue weighted by molar-refractivity contribution is 0.0952. The molecule has 4 rings (SSSR count). The minimum atomic E-state index is -0.0427. The van der Waals surface area contributed by atoms with Gasteiger partial charge in [-0.15, -0.1) is 0 Å². The number of aromatic nitrogens is 2. The van der Waals surface area contributed by atoms with Gasteiger partial charge in [-0.3, -0.25) is 4.79 Å². The summed E-state index contributed by atoms with van der Waals surface area (Å²) in [5.74, 6) is 0.904. The van der Waals surface area contributed by atoms with Gasteiger partial charge in [0.25, 0.3) is 5.91 Å². The van der Waals surface area contributed by atoms with Crippen molar-refractivity contribution in [2.24, 2.45) is 0 Å². The lowest BCUT2D eigenvalue weighted by Crippen LogP contribution is -2.25. The first kappa shape index (κ1) is 22.4. The number of hydrogen-bond acceptors (Lipinski definition) is 2. The van der Waals surface area contributed by atoms with E-state index in [1.165, 1.54) is 0 Å². The number of carbonyl (C=O) groups is 1. The molecule has 164 valence electrons. The second-order valence-electron chi connectivity index (χ2n) is 7.98. The van der Waals surface area contributed by atoms with Crippen LogP contribution in [0.5, 0.6) is 0 Å². The number of rotatable bonds is 7. The molecule has 0 aliphatic carbocycles. The molecule has 4 aromatic rings. The molecule has 0 spiro atoms. The molecule has 1 N–H and O–H groups in total. The zero-order chi connectivity index (χ0) is 22.7. The third-order valence-electron chi connectivity index (χ3n) is 5.60. The molecular formula is C26H25Cl2N3O. The Morgan fingerprint density at radius 3 is 2.50 bits per heavy atom. The molecule has 1 heterocycles. The number of amides is 1. The van der Waals surface area contributed by atoms with Gasteiger partial charge in [-0.2, -0.15) is 0 Å². The van der Waals surface area contributed by atoms with Crippen LogP contribution in [0, 0.1) is 13.8 Å². The van der Waals surface area contributed by atoms with Crippen LogP contribution in [0.25, 0.3) is 11.0 Å². The molecule has 0 fully saturated rings. The summed E-state index contributed by atoms with van der Waals surface area (Å²) in [5, 5.41) is 4.31. The fraction of sp³-hybridized carbons (Fsp3) is 0.231. The molecule has 3 aromatic carbocycles. The van der Waals surface area contributed by atoms with Crippen LogP contribution < -0.4 is 5.32 Å². The third-order valence-corrected chi connectivity index (χ3v) is 6.31. The van der Waals surface area contributed by atoms with Crippen LogP contribution in [0.1, 0.15) is 39.3 Å². The van der Waals surface area contributed by atoms with Gasteiger partial charge in [0, 0.05) is 34.1 Å². The molecule has 0 aliphatic heterocycles. The summed E-state index contributed by atoms with van der Waals surface area (Å²) in [4.78, 5) is 17.4. The van der Waals surface area contributed by atoms with Crippen molar-refractivity contribution in [3.63, 3.8) is 0 Å². The molecule has 1 aromatic heterocycles. The summed E-state index contributed by atoms with van der Waals surface area (Å²) in [7, 11) is 0. The maximum Gasteiger partial charge on any atom is 0.251 e. The van der Waals surface area contributed by atoms with Crippen molar-refractivity contribution in [1.29, 1.82) is 0 Å². The van der Waals surface area contributed by atoms with Gasteiger partial charge in [-0.1, -0.05) is 59.1 Å². The van der Waals surface area contributed by atoms with E-state index in [2.05, 4.69) is 16.0 Å². The van der Waals surface area contributed by atoms with Crippen molar-refractivity contribution in [2.45, 2.75) is 33.2 Å². The molecule has 0 radical (unpaired) electrons. The average molecular weight is 466 g/mol. The predicted octanol–water partition coefficient (Wildman–Crippen LogP) is 6.37. The Morgan fingerprint density at radius 2 is 1.75 bits per heavy atom. The van der Waals surface area contributed by atoms with E-state index in [-0.39, 0.29) is 5.91 Å². The van der Waals surface area contributed by atoms with Gasteiger partial charge in [-0.05, 0) is 56.2 Å². The van der Waals surface area contributed by atoms with Crippen molar-refractivity contribution in [2.75, 3.05) is 6.54 Å². The highest BCUT2D eigenvalue weighted by atomic mass is 35.5. The maximum absolute atomic E-state index is 12.6. The number of fused-ring (bicyclic) bond motifs is 1. The molecule has 0 unspecified atom stereocenters. The highest BCUT2D eigenvalue weighted by Gasteiger charge is 2.14. The highest BCUT2D eigenvalue weighted by Crippen LogP contribution is 2.27. The summed E-state index contributed by atoms with van der Waals surface area (Å²) < 4.78 is 2.16. The Balaban J connectivity index is 1.48. The molecule has 0 saturated carbocycles. The molecule has 6 heteroatoms. The summed E-state index contributed by atoms with van der Waals surface area (Å²) in [6.45, 7) is 5.10. The Bertz CT molecular complexity index is 1260. The number of carbonyl (C=O) groups excluding carboxylic acids is 1. The van der Waals surface area contributed by atoms with E-state index in [1.807, 2.05) is 68.4 Å². The number of nitrogens with one attached hydrogen (secondary N) is 1. The minimum absolute atomic E-state index is 0.0427. The van der Waals surface area contributed by atoms with Gasteiger partial charge >= 0.3 is 0 Å². The first-order valence-corrected chi connectivity index (χ1v) is 11.4. The second-order valence-corrected chi connectivity index (χ2v) is 8.80. The van der Waals surface area contributed by atoms with Crippen LogP contribution in [0.15, 0.2) is 60.7 Å². The smallest absolute Gasteiger partial charge is 0.251 e. The Morgan fingerprint density at radius 1 is 1.00 bits per heavy atom. The molecule has 4 nitrogen and oxygen atoms in total. The van der Waals surface area contributed by atoms with Gasteiger partial charge in [-0.25, -0.2) is 4.98 Å². The Labute approximate surface area is 198 Å². The SMILES string of the molecule is Cc1ccc(C(=O)NCCCc2nc3ccccc3n2Cc2c(Cl)cccc2Cl)c(C)c1. The van der Waals surface area contributed by atoms with E-state index < -0.39 is 0 Å².